The van der Waals surface area contributed by atoms with Crippen molar-refractivity contribution in [3.8, 4) is 17.0 Å². The first-order valence-electron chi connectivity index (χ1n) is 7.50. The second-order valence-corrected chi connectivity index (χ2v) is 6.33. The van der Waals surface area contributed by atoms with Gasteiger partial charge in [0.1, 0.15) is 22.9 Å². The third-order valence-electron chi connectivity index (χ3n) is 3.78. The smallest absolute Gasteiger partial charge is 0.143 e. The molecule has 0 bridgehead atoms. The predicted molar refractivity (Wildman–Crippen MR) is 99.7 cm³/mol. The maximum atomic E-state index is 9.53. The van der Waals surface area contributed by atoms with Gasteiger partial charge in [0.2, 0.25) is 0 Å². The van der Waals surface area contributed by atoms with Gasteiger partial charge in [-0.3, -0.25) is 4.40 Å². The van der Waals surface area contributed by atoms with Crippen LogP contribution in [0.1, 0.15) is 0 Å². The van der Waals surface area contributed by atoms with Gasteiger partial charge in [-0.2, -0.15) is 0 Å². The lowest BCUT2D eigenvalue weighted by molar-refractivity contribution is 0.475. The van der Waals surface area contributed by atoms with Crippen LogP contribution in [0.25, 0.3) is 16.9 Å². The zero-order valence-corrected chi connectivity index (χ0v) is 14.2. The van der Waals surface area contributed by atoms with E-state index >= 15 is 0 Å². The van der Waals surface area contributed by atoms with Gasteiger partial charge in [-0.05, 0) is 60.7 Å². The van der Waals surface area contributed by atoms with E-state index in [-0.39, 0.29) is 5.75 Å². The van der Waals surface area contributed by atoms with Crippen molar-refractivity contribution in [1.82, 2.24) is 9.38 Å². The monoisotopic (exact) mass is 379 g/mol. The molecule has 4 aromatic rings. The summed E-state index contributed by atoms with van der Waals surface area (Å²) >= 11 is 3.45. The maximum Gasteiger partial charge on any atom is 0.143 e. The number of phenols is 1. The highest BCUT2D eigenvalue weighted by Gasteiger charge is 2.14. The number of halogens is 1. The molecule has 0 fully saturated rings. The first kappa shape index (κ1) is 14.8. The van der Waals surface area contributed by atoms with Crippen molar-refractivity contribution < 1.29 is 5.11 Å². The van der Waals surface area contributed by atoms with Crippen LogP contribution in [0.4, 0.5) is 11.5 Å². The van der Waals surface area contributed by atoms with E-state index in [4.69, 9.17) is 4.98 Å². The Labute approximate surface area is 147 Å². The molecule has 2 aromatic carbocycles. The van der Waals surface area contributed by atoms with Gasteiger partial charge in [-0.25, -0.2) is 4.98 Å². The molecule has 0 radical (unpaired) electrons. The fourth-order valence-corrected chi connectivity index (χ4v) is 2.87. The van der Waals surface area contributed by atoms with E-state index in [0.29, 0.717) is 0 Å². The molecule has 2 heterocycles. The Hall–Kier alpha value is -2.79. The molecule has 0 saturated heterocycles. The molecule has 0 saturated carbocycles. The Balaban J connectivity index is 1.86. The van der Waals surface area contributed by atoms with Crippen LogP contribution in [0.3, 0.4) is 0 Å². The second-order valence-electron chi connectivity index (χ2n) is 5.42. The number of rotatable bonds is 3. The number of benzene rings is 2. The number of aromatic hydroxyl groups is 1. The lowest BCUT2D eigenvalue weighted by Crippen LogP contribution is -1.96. The third-order valence-corrected chi connectivity index (χ3v) is 4.31. The molecular formula is C19H14BrN3O. The standard InChI is InChI=1S/C19H14BrN3O/c20-14-6-8-15(9-7-14)21-19-18(13-4-10-16(24)11-5-13)22-17-3-1-2-12-23(17)19/h1-12,21,24H. The van der Waals surface area contributed by atoms with E-state index in [9.17, 15) is 5.11 Å². The average molecular weight is 380 g/mol. The zero-order chi connectivity index (χ0) is 16.5. The molecule has 5 heteroatoms. The van der Waals surface area contributed by atoms with Crippen LogP contribution in [0.15, 0.2) is 77.4 Å². The minimum absolute atomic E-state index is 0.241. The van der Waals surface area contributed by atoms with Crippen molar-refractivity contribution in [2.24, 2.45) is 0 Å². The van der Waals surface area contributed by atoms with E-state index in [1.54, 1.807) is 12.1 Å². The Morgan fingerprint density at radius 2 is 1.67 bits per heavy atom. The predicted octanol–water partition coefficient (Wildman–Crippen LogP) is 5.21. The Kier molecular flexibility index (Phi) is 3.70. The molecule has 0 aliphatic rings. The maximum absolute atomic E-state index is 9.53. The lowest BCUT2D eigenvalue weighted by atomic mass is 10.1. The summed E-state index contributed by atoms with van der Waals surface area (Å²) in [6, 6.07) is 21.0. The highest BCUT2D eigenvalue weighted by atomic mass is 79.9. The molecule has 4 rings (SSSR count). The summed E-state index contributed by atoms with van der Waals surface area (Å²) in [6.45, 7) is 0. The number of fused-ring (bicyclic) bond motifs is 1. The number of pyridine rings is 1. The van der Waals surface area contributed by atoms with Gasteiger partial charge in [0.25, 0.3) is 0 Å². The van der Waals surface area contributed by atoms with Gasteiger partial charge in [0.05, 0.1) is 0 Å². The molecule has 2 aromatic heterocycles. The van der Waals surface area contributed by atoms with Crippen LogP contribution in [0.5, 0.6) is 5.75 Å². The molecule has 0 amide bonds. The summed E-state index contributed by atoms with van der Waals surface area (Å²) in [5.41, 5.74) is 3.62. The number of anilines is 2. The third kappa shape index (κ3) is 2.74. The van der Waals surface area contributed by atoms with Crippen molar-refractivity contribution in [1.29, 1.82) is 0 Å². The van der Waals surface area contributed by atoms with E-state index in [1.807, 2.05) is 65.2 Å². The van der Waals surface area contributed by atoms with Crippen molar-refractivity contribution in [2.75, 3.05) is 5.32 Å². The fourth-order valence-electron chi connectivity index (χ4n) is 2.61. The first-order valence-corrected chi connectivity index (χ1v) is 8.29. The van der Waals surface area contributed by atoms with Crippen molar-refractivity contribution in [3.05, 3.63) is 77.4 Å². The number of nitrogens with zero attached hydrogens (tertiary/aromatic N) is 2. The number of phenolic OH excluding ortho intramolecular Hbond substituents is 1. The Morgan fingerprint density at radius 1 is 0.917 bits per heavy atom. The van der Waals surface area contributed by atoms with Gasteiger partial charge in [0.15, 0.2) is 0 Å². The highest BCUT2D eigenvalue weighted by molar-refractivity contribution is 9.10. The summed E-state index contributed by atoms with van der Waals surface area (Å²) in [4.78, 5) is 4.74. The first-order chi connectivity index (χ1) is 11.7. The fraction of sp³-hybridized carbons (Fsp3) is 0. The largest absolute Gasteiger partial charge is 0.508 e. The number of imidazole rings is 1. The zero-order valence-electron chi connectivity index (χ0n) is 12.6. The van der Waals surface area contributed by atoms with Crippen LogP contribution < -0.4 is 5.32 Å². The Morgan fingerprint density at radius 3 is 2.42 bits per heavy atom. The van der Waals surface area contributed by atoms with Crippen LogP contribution in [0.2, 0.25) is 0 Å². The van der Waals surface area contributed by atoms with Crippen LogP contribution in [-0.2, 0) is 0 Å². The summed E-state index contributed by atoms with van der Waals surface area (Å²) in [6.07, 6.45) is 1.98. The summed E-state index contributed by atoms with van der Waals surface area (Å²) in [5, 5.41) is 13.0. The molecule has 0 atom stereocenters. The minimum Gasteiger partial charge on any atom is -0.508 e. The van der Waals surface area contributed by atoms with Crippen LogP contribution >= 0.6 is 15.9 Å². The number of hydrogen-bond acceptors (Lipinski definition) is 3. The molecular weight excluding hydrogens is 366 g/mol. The lowest BCUT2D eigenvalue weighted by Gasteiger charge is -2.09. The Bertz CT molecular complexity index is 991. The normalized spacial score (nSPS) is 10.9. The second kappa shape index (κ2) is 6.02. The van der Waals surface area contributed by atoms with E-state index in [1.165, 1.54) is 0 Å². The molecule has 0 aliphatic carbocycles. The van der Waals surface area contributed by atoms with E-state index < -0.39 is 0 Å². The van der Waals surface area contributed by atoms with Crippen molar-refractivity contribution in [2.45, 2.75) is 0 Å². The highest BCUT2D eigenvalue weighted by Crippen LogP contribution is 2.32. The number of hydrogen-bond donors (Lipinski definition) is 2. The number of nitrogens with one attached hydrogen (secondary N) is 1. The topological polar surface area (TPSA) is 49.6 Å². The molecule has 24 heavy (non-hydrogen) atoms. The van der Waals surface area contributed by atoms with Crippen LogP contribution in [0, 0.1) is 0 Å². The van der Waals surface area contributed by atoms with Crippen molar-refractivity contribution in [3.63, 3.8) is 0 Å². The quantitative estimate of drug-likeness (QED) is 0.513. The van der Waals surface area contributed by atoms with Crippen molar-refractivity contribution >= 4 is 33.1 Å². The van der Waals surface area contributed by atoms with Gasteiger partial charge in [-0.1, -0.05) is 22.0 Å². The van der Waals surface area contributed by atoms with Gasteiger partial charge >= 0.3 is 0 Å². The summed E-state index contributed by atoms with van der Waals surface area (Å²) in [5.74, 6) is 1.13. The minimum atomic E-state index is 0.241. The summed E-state index contributed by atoms with van der Waals surface area (Å²) < 4.78 is 3.05. The van der Waals surface area contributed by atoms with E-state index in [0.717, 1.165) is 32.9 Å². The number of aromatic nitrogens is 2. The summed E-state index contributed by atoms with van der Waals surface area (Å²) in [7, 11) is 0. The molecule has 118 valence electrons. The van der Waals surface area contributed by atoms with E-state index in [2.05, 4.69) is 21.2 Å². The average Bonchev–Trinajstić information content (AvgIpc) is 2.96. The molecule has 0 spiro atoms. The molecule has 0 unspecified atom stereocenters. The SMILES string of the molecule is Oc1ccc(-c2nc3ccccn3c2Nc2ccc(Br)cc2)cc1. The van der Waals surface area contributed by atoms with Gasteiger partial charge < -0.3 is 10.4 Å². The molecule has 2 N–H and O–H groups in total. The van der Waals surface area contributed by atoms with Gasteiger partial charge in [-0.15, -0.1) is 0 Å². The molecule has 0 aliphatic heterocycles. The molecule has 4 nitrogen and oxygen atoms in total. The van der Waals surface area contributed by atoms with Crippen LogP contribution in [-0.4, -0.2) is 14.5 Å². The van der Waals surface area contributed by atoms with Gasteiger partial charge in [0, 0.05) is 21.9 Å².